The third kappa shape index (κ3) is 4.65. The van der Waals surface area contributed by atoms with Gasteiger partial charge in [-0.3, -0.25) is 14.3 Å². The summed E-state index contributed by atoms with van der Waals surface area (Å²) in [6.07, 6.45) is 1.71. The van der Waals surface area contributed by atoms with Gasteiger partial charge in [0.2, 0.25) is 0 Å². The van der Waals surface area contributed by atoms with Gasteiger partial charge in [0.15, 0.2) is 28.9 Å². The third-order valence-electron chi connectivity index (χ3n) is 5.84. The van der Waals surface area contributed by atoms with Crippen molar-refractivity contribution in [3.63, 3.8) is 0 Å². The average Bonchev–Trinajstić information content (AvgIpc) is 3.36. The van der Waals surface area contributed by atoms with Gasteiger partial charge in [-0.2, -0.15) is 0 Å². The standard InChI is InChI=1S/C22H23F3N4O5S/c1-4-35-16-9-28(2)18(20(30)26-12-5-13(23)17(25)14(24)6-12)19(16)34-10-11-7-29(8-15(11)27-35)21(31)22(32)33-3/h4-6,9,11,15,27H,7-8,10H2,1-3H3,(H,26,30). The van der Waals surface area contributed by atoms with Crippen LogP contribution in [-0.4, -0.2) is 65.5 Å². The highest BCUT2D eigenvalue weighted by atomic mass is 32.2. The molecule has 2 amide bonds. The highest BCUT2D eigenvalue weighted by molar-refractivity contribution is 8.13. The van der Waals surface area contributed by atoms with E-state index >= 15 is 0 Å². The van der Waals surface area contributed by atoms with Gasteiger partial charge in [-0.15, -0.1) is 0 Å². The lowest BCUT2D eigenvalue weighted by Gasteiger charge is -2.26. The van der Waals surface area contributed by atoms with Crippen molar-refractivity contribution in [3.05, 3.63) is 41.5 Å². The van der Waals surface area contributed by atoms with Crippen LogP contribution in [-0.2, 0) is 21.4 Å². The molecule has 0 spiro atoms. The number of ether oxygens (including phenoxy) is 2. The van der Waals surface area contributed by atoms with E-state index in [-0.39, 0.29) is 48.8 Å². The Bertz CT molecular complexity index is 1220. The molecule has 188 valence electrons. The maximum Gasteiger partial charge on any atom is 0.396 e. The fourth-order valence-corrected chi connectivity index (χ4v) is 5.86. The quantitative estimate of drug-likeness (QED) is 0.277. The second-order valence-electron chi connectivity index (χ2n) is 8.06. The van der Waals surface area contributed by atoms with E-state index in [4.69, 9.17) is 4.74 Å². The second kappa shape index (κ2) is 9.74. The Morgan fingerprint density at radius 2 is 1.91 bits per heavy atom. The molecule has 0 bridgehead atoms. The Labute approximate surface area is 201 Å². The van der Waals surface area contributed by atoms with Crippen molar-refractivity contribution in [1.82, 2.24) is 14.2 Å². The molecule has 2 aromatic rings. The van der Waals surface area contributed by atoms with Crippen LogP contribution in [0.2, 0.25) is 0 Å². The summed E-state index contributed by atoms with van der Waals surface area (Å²) in [5.41, 5.74) is -0.149. The average molecular weight is 513 g/mol. The van der Waals surface area contributed by atoms with Crippen molar-refractivity contribution in [3.8, 4) is 5.75 Å². The van der Waals surface area contributed by atoms with Crippen molar-refractivity contribution >= 4 is 39.5 Å². The summed E-state index contributed by atoms with van der Waals surface area (Å²) in [6, 6.07) is 1.20. The number of rotatable bonds is 2. The number of fused-ring (bicyclic) bond motifs is 2. The smallest absolute Gasteiger partial charge is 0.396 e. The summed E-state index contributed by atoms with van der Waals surface area (Å²) in [4.78, 5) is 39.1. The monoisotopic (exact) mass is 512 g/mol. The van der Waals surface area contributed by atoms with Crippen molar-refractivity contribution in [1.29, 1.82) is 0 Å². The molecule has 2 N–H and O–H groups in total. The summed E-state index contributed by atoms with van der Waals surface area (Å²) < 4.78 is 56.1. The highest BCUT2D eigenvalue weighted by Crippen LogP contribution is 2.40. The van der Waals surface area contributed by atoms with Crippen LogP contribution in [0.4, 0.5) is 18.9 Å². The van der Waals surface area contributed by atoms with Gasteiger partial charge in [0.25, 0.3) is 5.91 Å². The van der Waals surface area contributed by atoms with Gasteiger partial charge in [0, 0.05) is 56.1 Å². The van der Waals surface area contributed by atoms with Crippen LogP contribution >= 0.6 is 10.7 Å². The minimum absolute atomic E-state index is 0.102. The first-order valence-electron chi connectivity index (χ1n) is 10.6. The Balaban J connectivity index is 1.62. The molecule has 1 saturated heterocycles. The van der Waals surface area contributed by atoms with E-state index in [2.05, 4.69) is 14.8 Å². The van der Waals surface area contributed by atoms with Crippen molar-refractivity contribution in [2.75, 3.05) is 32.1 Å². The number of nitrogens with one attached hydrogen (secondary N) is 2. The van der Waals surface area contributed by atoms with Crippen molar-refractivity contribution in [2.24, 2.45) is 13.0 Å². The second-order valence-corrected chi connectivity index (χ2v) is 9.88. The van der Waals surface area contributed by atoms with E-state index in [1.165, 1.54) is 9.47 Å². The third-order valence-corrected chi connectivity index (χ3v) is 7.63. The fraction of sp³-hybridized carbons (Fsp3) is 0.364. The number of anilines is 1. The lowest BCUT2D eigenvalue weighted by atomic mass is 10.1. The Morgan fingerprint density at radius 1 is 1.23 bits per heavy atom. The first-order valence-corrected chi connectivity index (χ1v) is 11.9. The van der Waals surface area contributed by atoms with E-state index in [0.29, 0.717) is 17.0 Å². The summed E-state index contributed by atoms with van der Waals surface area (Å²) in [5, 5.41) is 4.27. The molecule has 0 saturated carbocycles. The molecular weight excluding hydrogens is 489 g/mol. The van der Waals surface area contributed by atoms with Gasteiger partial charge in [0.1, 0.15) is 0 Å². The maximum atomic E-state index is 13.6. The zero-order chi connectivity index (χ0) is 25.4. The fourth-order valence-electron chi connectivity index (χ4n) is 4.12. The number of carbonyl (C=O) groups is 3. The number of methoxy groups -OCH3 is 1. The predicted molar refractivity (Wildman–Crippen MR) is 122 cm³/mol. The molecule has 3 heterocycles. The van der Waals surface area contributed by atoms with Crippen molar-refractivity contribution < 1.29 is 37.0 Å². The number of hydrogen-bond acceptors (Lipinski definition) is 6. The Morgan fingerprint density at radius 3 is 2.54 bits per heavy atom. The van der Waals surface area contributed by atoms with Crippen LogP contribution < -0.4 is 14.8 Å². The van der Waals surface area contributed by atoms with E-state index < -0.39 is 45.9 Å². The van der Waals surface area contributed by atoms with E-state index in [1.54, 1.807) is 13.2 Å². The van der Waals surface area contributed by atoms with E-state index in [1.807, 2.05) is 12.3 Å². The van der Waals surface area contributed by atoms with Gasteiger partial charge >= 0.3 is 11.9 Å². The molecule has 1 aromatic heterocycles. The Kier molecular flexibility index (Phi) is 6.90. The lowest BCUT2D eigenvalue weighted by molar-refractivity contribution is -0.157. The van der Waals surface area contributed by atoms with Gasteiger partial charge in [-0.1, -0.05) is 10.7 Å². The van der Waals surface area contributed by atoms with Gasteiger partial charge < -0.3 is 24.3 Å². The SMILES string of the molecule is C/C=S1/NC2CN(C(=O)C(=O)OC)CC2COc2c1cn(C)c2C(=O)Nc1cc(F)c(F)c(F)c1. The molecule has 2 aliphatic rings. The summed E-state index contributed by atoms with van der Waals surface area (Å²) >= 11 is 0. The molecule has 1 aromatic carbocycles. The molecule has 3 unspecified atom stereocenters. The molecule has 9 nitrogen and oxygen atoms in total. The summed E-state index contributed by atoms with van der Waals surface area (Å²) in [7, 11) is 2.08. The number of likely N-dealkylation sites (tertiary alicyclic amines) is 1. The number of hydrogen-bond donors (Lipinski definition) is 2. The molecule has 0 aliphatic carbocycles. The minimum Gasteiger partial charge on any atom is -0.489 e. The minimum atomic E-state index is -1.63. The van der Waals surface area contributed by atoms with Gasteiger partial charge in [-0.25, -0.2) is 18.0 Å². The molecule has 35 heavy (non-hydrogen) atoms. The van der Waals surface area contributed by atoms with E-state index in [0.717, 1.165) is 7.11 Å². The van der Waals surface area contributed by atoms with Crippen LogP contribution in [0.5, 0.6) is 5.75 Å². The lowest BCUT2D eigenvalue weighted by Crippen LogP contribution is -2.38. The molecule has 3 atom stereocenters. The maximum absolute atomic E-state index is 13.6. The number of halogens is 3. The number of aromatic nitrogens is 1. The van der Waals surface area contributed by atoms with Gasteiger partial charge in [-0.05, 0) is 12.3 Å². The van der Waals surface area contributed by atoms with Crippen LogP contribution in [0.15, 0.2) is 23.2 Å². The molecule has 0 radical (unpaired) electrons. The number of aryl methyl sites for hydroxylation is 1. The number of carbonyl (C=O) groups excluding carboxylic acids is 3. The van der Waals surface area contributed by atoms with Crippen LogP contribution in [0, 0.1) is 23.4 Å². The summed E-state index contributed by atoms with van der Waals surface area (Å²) in [6.45, 7) is 2.51. The molecule has 13 heteroatoms. The predicted octanol–water partition coefficient (Wildman–Crippen LogP) is 2.04. The zero-order valence-electron chi connectivity index (χ0n) is 19.1. The number of benzene rings is 1. The van der Waals surface area contributed by atoms with E-state index in [9.17, 15) is 27.6 Å². The van der Waals surface area contributed by atoms with Gasteiger partial charge in [0.05, 0.1) is 18.6 Å². The first-order chi connectivity index (χ1) is 16.6. The molecule has 4 rings (SSSR count). The van der Waals surface area contributed by atoms with Crippen LogP contribution in [0.25, 0.3) is 0 Å². The van der Waals surface area contributed by atoms with Crippen LogP contribution in [0.3, 0.4) is 0 Å². The van der Waals surface area contributed by atoms with Crippen LogP contribution in [0.1, 0.15) is 17.4 Å². The number of amides is 2. The molecular formula is C22H23F3N4O5S. The molecule has 1 fully saturated rings. The number of esters is 1. The number of nitrogens with zero attached hydrogens (tertiary/aromatic N) is 2. The molecule has 2 aliphatic heterocycles. The largest absolute Gasteiger partial charge is 0.489 e. The topological polar surface area (TPSA) is 102 Å². The zero-order valence-corrected chi connectivity index (χ0v) is 19.9. The first kappa shape index (κ1) is 24.8. The Hall–Kier alpha value is -3.32. The van der Waals surface area contributed by atoms with Crippen molar-refractivity contribution in [2.45, 2.75) is 17.9 Å². The normalized spacial score (nSPS) is 21.4. The summed E-state index contributed by atoms with van der Waals surface area (Å²) in [5.74, 6) is -6.77. The highest BCUT2D eigenvalue weighted by Gasteiger charge is 2.40.